The van der Waals surface area contributed by atoms with Gasteiger partial charge in [-0.05, 0) is 43.5 Å². The topological polar surface area (TPSA) is 54.9 Å². The van der Waals surface area contributed by atoms with Crippen molar-refractivity contribution in [2.24, 2.45) is 0 Å². The SMILES string of the molecule is Cc1nc2ccc(NC(=O)c3sc(-c4cccs4)nc3C)cc2s1. The second kappa shape index (κ2) is 6.08. The number of hydrogen-bond donors (Lipinski definition) is 1. The molecule has 0 aliphatic rings. The molecule has 1 aromatic carbocycles. The predicted octanol–water partition coefficient (Wildman–Crippen LogP) is 5.35. The number of nitrogens with one attached hydrogen (secondary N) is 1. The molecule has 0 unspecified atom stereocenters. The Morgan fingerprint density at radius 1 is 1.12 bits per heavy atom. The molecule has 0 fully saturated rings. The van der Waals surface area contributed by atoms with Crippen molar-refractivity contribution in [2.75, 3.05) is 5.32 Å². The zero-order chi connectivity index (χ0) is 16.7. The molecule has 0 aliphatic heterocycles. The minimum absolute atomic E-state index is 0.117. The summed E-state index contributed by atoms with van der Waals surface area (Å²) in [5.74, 6) is -0.117. The number of amides is 1. The van der Waals surface area contributed by atoms with Crippen LogP contribution >= 0.6 is 34.0 Å². The molecule has 4 rings (SSSR count). The number of thiazole rings is 2. The van der Waals surface area contributed by atoms with Crippen molar-refractivity contribution in [1.29, 1.82) is 0 Å². The van der Waals surface area contributed by atoms with E-state index in [0.29, 0.717) is 4.88 Å². The van der Waals surface area contributed by atoms with Crippen molar-refractivity contribution in [3.05, 3.63) is 51.3 Å². The van der Waals surface area contributed by atoms with Crippen LogP contribution < -0.4 is 5.32 Å². The second-order valence-electron chi connectivity index (χ2n) is 5.28. The summed E-state index contributed by atoms with van der Waals surface area (Å²) in [6.07, 6.45) is 0. The highest BCUT2D eigenvalue weighted by molar-refractivity contribution is 7.22. The van der Waals surface area contributed by atoms with Gasteiger partial charge in [0.1, 0.15) is 9.88 Å². The molecule has 0 atom stereocenters. The molecule has 4 nitrogen and oxygen atoms in total. The van der Waals surface area contributed by atoms with Crippen LogP contribution in [-0.2, 0) is 0 Å². The number of aryl methyl sites for hydroxylation is 2. The first kappa shape index (κ1) is 15.4. The van der Waals surface area contributed by atoms with Crippen molar-refractivity contribution in [1.82, 2.24) is 9.97 Å². The summed E-state index contributed by atoms with van der Waals surface area (Å²) < 4.78 is 1.07. The Morgan fingerprint density at radius 2 is 2.00 bits per heavy atom. The van der Waals surface area contributed by atoms with E-state index in [0.717, 1.165) is 36.5 Å². The molecule has 24 heavy (non-hydrogen) atoms. The monoisotopic (exact) mass is 371 g/mol. The molecule has 0 saturated heterocycles. The highest BCUT2D eigenvalue weighted by Crippen LogP contribution is 2.32. The number of nitrogens with zero attached hydrogens (tertiary/aromatic N) is 2. The summed E-state index contributed by atoms with van der Waals surface area (Å²) in [4.78, 5) is 23.3. The van der Waals surface area contributed by atoms with E-state index in [1.165, 1.54) is 11.3 Å². The minimum Gasteiger partial charge on any atom is -0.321 e. The van der Waals surface area contributed by atoms with E-state index in [1.54, 1.807) is 22.7 Å². The van der Waals surface area contributed by atoms with E-state index in [4.69, 9.17) is 0 Å². The Bertz CT molecular complexity index is 1030. The first-order valence-corrected chi connectivity index (χ1v) is 9.81. The van der Waals surface area contributed by atoms with Crippen molar-refractivity contribution in [3.8, 4) is 9.88 Å². The number of hydrogen-bond acceptors (Lipinski definition) is 6. The molecular weight excluding hydrogens is 358 g/mol. The van der Waals surface area contributed by atoms with Crippen molar-refractivity contribution < 1.29 is 4.79 Å². The van der Waals surface area contributed by atoms with Gasteiger partial charge in [0.25, 0.3) is 5.91 Å². The van der Waals surface area contributed by atoms with Gasteiger partial charge in [-0.25, -0.2) is 9.97 Å². The van der Waals surface area contributed by atoms with Gasteiger partial charge in [-0.2, -0.15) is 0 Å². The number of carbonyl (C=O) groups is 1. The number of rotatable bonds is 3. The zero-order valence-electron chi connectivity index (χ0n) is 13.0. The average Bonchev–Trinajstić information content (AvgIpc) is 3.24. The van der Waals surface area contributed by atoms with Gasteiger partial charge in [-0.15, -0.1) is 34.0 Å². The van der Waals surface area contributed by atoms with E-state index in [1.807, 2.05) is 49.6 Å². The van der Waals surface area contributed by atoms with Crippen LogP contribution in [0.2, 0.25) is 0 Å². The fraction of sp³-hybridized carbons (Fsp3) is 0.118. The smallest absolute Gasteiger partial charge is 0.267 e. The number of benzene rings is 1. The molecule has 3 heterocycles. The van der Waals surface area contributed by atoms with Crippen LogP contribution in [0.5, 0.6) is 0 Å². The lowest BCUT2D eigenvalue weighted by molar-refractivity contribution is 0.103. The third-order valence-electron chi connectivity index (χ3n) is 3.49. The average molecular weight is 372 g/mol. The minimum atomic E-state index is -0.117. The van der Waals surface area contributed by atoms with Crippen LogP contribution in [0.25, 0.3) is 20.1 Å². The predicted molar refractivity (Wildman–Crippen MR) is 102 cm³/mol. The van der Waals surface area contributed by atoms with E-state index in [2.05, 4.69) is 15.3 Å². The van der Waals surface area contributed by atoms with Gasteiger partial charge in [0.05, 0.1) is 25.8 Å². The Labute approximate surface area is 150 Å². The fourth-order valence-electron chi connectivity index (χ4n) is 2.42. The summed E-state index contributed by atoms with van der Waals surface area (Å²) in [7, 11) is 0. The summed E-state index contributed by atoms with van der Waals surface area (Å²) in [5.41, 5.74) is 2.50. The molecule has 0 radical (unpaired) electrons. The number of anilines is 1. The highest BCUT2D eigenvalue weighted by Gasteiger charge is 2.17. The lowest BCUT2D eigenvalue weighted by Gasteiger charge is -2.03. The summed E-state index contributed by atoms with van der Waals surface area (Å²) in [6, 6.07) is 9.79. The normalized spacial score (nSPS) is 11.1. The Balaban J connectivity index is 1.61. The molecular formula is C17H13N3OS3. The van der Waals surface area contributed by atoms with Crippen molar-refractivity contribution >= 4 is 55.8 Å². The maximum Gasteiger partial charge on any atom is 0.267 e. The van der Waals surface area contributed by atoms with Crippen LogP contribution in [0.4, 0.5) is 5.69 Å². The third-order valence-corrected chi connectivity index (χ3v) is 6.62. The van der Waals surface area contributed by atoms with Gasteiger partial charge >= 0.3 is 0 Å². The van der Waals surface area contributed by atoms with Gasteiger partial charge in [0, 0.05) is 5.69 Å². The number of fused-ring (bicyclic) bond motifs is 1. The molecule has 7 heteroatoms. The van der Waals surface area contributed by atoms with Gasteiger partial charge < -0.3 is 5.32 Å². The standard InChI is InChI=1S/C17H13N3OS3/c1-9-15(24-17(18-9)13-4-3-7-22-13)16(21)20-11-5-6-12-14(8-11)23-10(2)19-12/h3-8H,1-2H3,(H,20,21). The first-order chi connectivity index (χ1) is 11.6. The first-order valence-electron chi connectivity index (χ1n) is 7.30. The van der Waals surface area contributed by atoms with Crippen LogP contribution in [-0.4, -0.2) is 15.9 Å². The quantitative estimate of drug-likeness (QED) is 0.528. The molecule has 0 spiro atoms. The van der Waals surface area contributed by atoms with E-state index < -0.39 is 0 Å². The van der Waals surface area contributed by atoms with Crippen LogP contribution in [0.1, 0.15) is 20.4 Å². The molecule has 120 valence electrons. The zero-order valence-corrected chi connectivity index (χ0v) is 15.4. The lowest BCUT2D eigenvalue weighted by atomic mass is 10.3. The maximum atomic E-state index is 12.6. The second-order valence-corrected chi connectivity index (χ2v) is 8.46. The van der Waals surface area contributed by atoms with Gasteiger partial charge in [0.15, 0.2) is 0 Å². The van der Waals surface area contributed by atoms with E-state index in [-0.39, 0.29) is 5.91 Å². The molecule has 3 aromatic heterocycles. The number of thiophene rings is 1. The number of aromatic nitrogens is 2. The molecule has 1 N–H and O–H groups in total. The van der Waals surface area contributed by atoms with E-state index in [9.17, 15) is 4.79 Å². The largest absolute Gasteiger partial charge is 0.321 e. The molecule has 0 aliphatic carbocycles. The number of carbonyl (C=O) groups excluding carboxylic acids is 1. The van der Waals surface area contributed by atoms with Crippen molar-refractivity contribution in [2.45, 2.75) is 13.8 Å². The molecule has 0 saturated carbocycles. The maximum absolute atomic E-state index is 12.6. The Morgan fingerprint density at radius 3 is 2.79 bits per heavy atom. The molecule has 4 aromatic rings. The Hall–Kier alpha value is -2.09. The lowest BCUT2D eigenvalue weighted by Crippen LogP contribution is -2.11. The van der Waals surface area contributed by atoms with Crippen LogP contribution in [0.15, 0.2) is 35.7 Å². The molecule has 1 amide bonds. The van der Waals surface area contributed by atoms with Crippen LogP contribution in [0.3, 0.4) is 0 Å². The highest BCUT2D eigenvalue weighted by atomic mass is 32.1. The third kappa shape index (κ3) is 2.86. The summed E-state index contributed by atoms with van der Waals surface area (Å²) >= 11 is 4.68. The van der Waals surface area contributed by atoms with Crippen LogP contribution in [0, 0.1) is 13.8 Å². The van der Waals surface area contributed by atoms with Gasteiger partial charge in [0.2, 0.25) is 0 Å². The van der Waals surface area contributed by atoms with Crippen molar-refractivity contribution in [3.63, 3.8) is 0 Å². The Kier molecular flexibility index (Phi) is 3.91. The van der Waals surface area contributed by atoms with Gasteiger partial charge in [-0.3, -0.25) is 4.79 Å². The van der Waals surface area contributed by atoms with E-state index >= 15 is 0 Å². The summed E-state index contributed by atoms with van der Waals surface area (Å²) in [5, 5.41) is 6.90. The summed E-state index contributed by atoms with van der Waals surface area (Å²) in [6.45, 7) is 3.86. The fourth-order valence-corrected chi connectivity index (χ4v) is 5.04. The van der Waals surface area contributed by atoms with Gasteiger partial charge in [-0.1, -0.05) is 6.07 Å². The molecule has 0 bridgehead atoms.